The number of aliphatic carboxylic acids is 1. The summed E-state index contributed by atoms with van der Waals surface area (Å²) in [6.07, 6.45) is 0.813. The fourth-order valence-corrected chi connectivity index (χ4v) is 6.18. The van der Waals surface area contributed by atoms with E-state index >= 15 is 0 Å². The molecule has 0 bridgehead atoms. The normalized spacial score (nSPS) is 18.9. The molecule has 7 N–H and O–H groups in total. The average molecular weight is 837 g/mol. The molecule has 4 amide bonds. The Balaban J connectivity index is 0.000000227. The highest BCUT2D eigenvalue weighted by atomic mass is 32.2. The van der Waals surface area contributed by atoms with Crippen molar-refractivity contribution in [2.75, 3.05) is 91.4 Å². The van der Waals surface area contributed by atoms with E-state index in [9.17, 15) is 37.0 Å². The summed E-state index contributed by atoms with van der Waals surface area (Å²) >= 11 is 0. The van der Waals surface area contributed by atoms with E-state index in [1.54, 1.807) is 41.1 Å². The first-order valence-corrected chi connectivity index (χ1v) is 19.1. The minimum atomic E-state index is -1.40. The number of carbonyl (C=O) groups is 5. The lowest BCUT2D eigenvalue weighted by atomic mass is 10.2. The first kappa shape index (κ1) is 44.6. The zero-order valence-electron chi connectivity index (χ0n) is 31.9. The molecule has 2 fully saturated rings. The lowest BCUT2D eigenvalue weighted by Crippen LogP contribution is -2.40. The molecule has 24 heteroatoms. The zero-order chi connectivity index (χ0) is 42.4. The van der Waals surface area contributed by atoms with Gasteiger partial charge in [-0.25, -0.2) is 27.0 Å². The number of nitrogens with two attached hydrogens (primary N) is 1. The molecule has 4 heterocycles. The van der Waals surface area contributed by atoms with E-state index in [2.05, 4.69) is 31.6 Å². The summed E-state index contributed by atoms with van der Waals surface area (Å²) in [5.41, 5.74) is 9.60. The van der Waals surface area contributed by atoms with Crippen molar-refractivity contribution in [2.24, 2.45) is 15.9 Å². The number of carboxylic acid groups (broad SMARTS) is 1. The van der Waals surface area contributed by atoms with E-state index in [0.717, 1.165) is 0 Å². The van der Waals surface area contributed by atoms with Crippen molar-refractivity contribution >= 4 is 76.4 Å². The van der Waals surface area contributed by atoms with Crippen molar-refractivity contribution in [1.82, 2.24) is 25.8 Å². The van der Waals surface area contributed by atoms with Crippen LogP contribution in [0.3, 0.4) is 0 Å². The van der Waals surface area contributed by atoms with Gasteiger partial charge < -0.3 is 51.5 Å². The number of hydrogen-bond acceptors (Lipinski definition) is 15. The Kier molecular flexibility index (Phi) is 16.4. The molecule has 6 rings (SSSR count). The molecule has 21 nitrogen and oxygen atoms in total. The van der Waals surface area contributed by atoms with Crippen molar-refractivity contribution in [3.05, 3.63) is 48.0 Å². The number of carboxylic acids is 1. The predicted molar refractivity (Wildman–Crippen MR) is 211 cm³/mol. The molecule has 58 heavy (non-hydrogen) atoms. The van der Waals surface area contributed by atoms with Crippen molar-refractivity contribution in [3.8, 4) is 0 Å². The highest BCUT2D eigenvalue weighted by molar-refractivity contribution is 7.82. The Bertz CT molecular complexity index is 1890. The molecule has 316 valence electrons. The summed E-state index contributed by atoms with van der Waals surface area (Å²) in [5.74, 6) is -2.25. The van der Waals surface area contributed by atoms with Gasteiger partial charge in [-0.3, -0.25) is 24.2 Å². The Morgan fingerprint density at radius 3 is 1.76 bits per heavy atom. The van der Waals surface area contributed by atoms with Crippen LogP contribution in [0.5, 0.6) is 0 Å². The summed E-state index contributed by atoms with van der Waals surface area (Å²) in [7, 11) is 0.192. The third-order valence-electron chi connectivity index (χ3n) is 8.32. The maximum atomic E-state index is 14.7. The van der Waals surface area contributed by atoms with Gasteiger partial charge in [-0.2, -0.15) is 10.2 Å². The summed E-state index contributed by atoms with van der Waals surface area (Å²) < 4.78 is 52.4. The van der Waals surface area contributed by atoms with Gasteiger partial charge in [0.15, 0.2) is 0 Å². The summed E-state index contributed by atoms with van der Waals surface area (Å²) in [6.45, 7) is 5.65. The van der Waals surface area contributed by atoms with Crippen LogP contribution in [0, 0.1) is 11.6 Å². The lowest BCUT2D eigenvalue weighted by Gasteiger charge is -2.29. The van der Waals surface area contributed by atoms with E-state index in [1.807, 2.05) is 0 Å². The topological polar surface area (TPSA) is 256 Å². The molecule has 0 saturated carbocycles. The van der Waals surface area contributed by atoms with Gasteiger partial charge in [0.1, 0.15) is 47.5 Å². The molecule has 4 aliphatic rings. The highest BCUT2D eigenvalue weighted by Crippen LogP contribution is 2.29. The Hall–Kier alpha value is -6.14. The highest BCUT2D eigenvalue weighted by Gasteiger charge is 2.34. The molecular weight excluding hydrogens is 791 g/mol. The largest absolute Gasteiger partial charge is 0.480 e. The lowest BCUT2D eigenvalue weighted by molar-refractivity contribution is -0.135. The van der Waals surface area contributed by atoms with E-state index in [0.29, 0.717) is 43.2 Å². The van der Waals surface area contributed by atoms with E-state index in [1.165, 1.54) is 52.9 Å². The van der Waals surface area contributed by atoms with E-state index in [4.69, 9.17) is 20.3 Å². The number of nitrogens with one attached hydrogen (secondary N) is 4. The number of rotatable bonds is 12. The van der Waals surface area contributed by atoms with Gasteiger partial charge in [-0.05, 0) is 43.4 Å². The molecule has 1 unspecified atom stereocenters. The summed E-state index contributed by atoms with van der Waals surface area (Å²) in [4.78, 5) is 61.4. The van der Waals surface area contributed by atoms with Gasteiger partial charge in [-0.1, -0.05) is 0 Å². The number of likely N-dealkylation sites (N-methyl/N-ethyl adjacent to an activating group) is 1. The third-order valence-corrected chi connectivity index (χ3v) is 9.35. The van der Waals surface area contributed by atoms with E-state index in [-0.39, 0.29) is 56.1 Å². The Labute approximate surface area is 334 Å². The molecule has 2 saturated heterocycles. The molecule has 3 atom stereocenters. The third kappa shape index (κ3) is 12.7. The molecule has 0 aliphatic carbocycles. The maximum Gasteiger partial charge on any atom is 0.414 e. The van der Waals surface area contributed by atoms with Crippen LogP contribution in [0.1, 0.15) is 13.8 Å². The number of carbonyl (C=O) groups excluding carboxylic acids is 4. The van der Waals surface area contributed by atoms with Crippen LogP contribution < -0.4 is 46.7 Å². The number of hydrazone groups is 2. The SMILES string of the molecule is CC(=O)NC[C@H]1CN(c2ccc(N3C=NN(S(=O)CN)CC3)c(F)c2)C(=O)O1.CC(=O)NC[C@H]1CN(c2ccc(N3C=NNCC3)c(F)c2)C(=O)O1.CNCC(=O)O. The number of ether oxygens (including phenoxy) is 2. The molecule has 0 spiro atoms. The molecule has 4 aliphatic heterocycles. The minimum Gasteiger partial charge on any atom is -0.480 e. The van der Waals surface area contributed by atoms with Gasteiger partial charge in [0.2, 0.25) is 11.8 Å². The number of amides is 4. The Morgan fingerprint density at radius 1 is 0.879 bits per heavy atom. The zero-order valence-corrected chi connectivity index (χ0v) is 32.7. The van der Waals surface area contributed by atoms with Gasteiger partial charge in [-0.15, -0.1) is 0 Å². The molecule has 2 aromatic rings. The van der Waals surface area contributed by atoms with Crippen LogP contribution in [0.25, 0.3) is 0 Å². The molecule has 0 radical (unpaired) electrons. The van der Waals surface area contributed by atoms with Gasteiger partial charge in [0.25, 0.3) is 0 Å². The number of benzene rings is 2. The number of anilines is 4. The fraction of sp³-hybridized carbons (Fsp3) is 0.441. The number of nitrogens with zero attached hydrogens (tertiary/aromatic N) is 7. The maximum absolute atomic E-state index is 14.7. The summed E-state index contributed by atoms with van der Waals surface area (Å²) in [5, 5.41) is 23.4. The second-order valence-electron chi connectivity index (χ2n) is 12.6. The second kappa shape index (κ2) is 21.4. The van der Waals surface area contributed by atoms with Gasteiger partial charge >= 0.3 is 18.2 Å². The standard InChI is InChI=1S/C16H21FN6O4S.C15H18FN5O3.C3H7NO2/c1-11(24)19-7-13-8-22(16(25)27-13)12-2-3-15(14(17)6-12)21-4-5-23(20-10-21)28(26)9-18;1-10(22)17-7-12-8-21(15(23)24-12)11-2-3-14(13(16)6-11)20-5-4-18-19-9-20;1-4-2-3(5)6/h2-3,6,10,13H,4-5,7-9,18H2,1H3,(H,19,24);2-3,6,9,12,18H,4-5,7-8H2,1H3,(H,17,22);4H,2H2,1H3,(H,5,6)/t13-,28?;12-;/m00./s1. The minimum absolute atomic E-state index is 0.0325. The van der Waals surface area contributed by atoms with Crippen LogP contribution in [0.15, 0.2) is 46.6 Å². The monoisotopic (exact) mass is 836 g/mol. The van der Waals surface area contributed by atoms with Crippen molar-refractivity contribution in [1.29, 1.82) is 0 Å². The van der Waals surface area contributed by atoms with Crippen molar-refractivity contribution < 1.29 is 51.5 Å². The Morgan fingerprint density at radius 2 is 1.40 bits per heavy atom. The molecule has 2 aromatic carbocycles. The van der Waals surface area contributed by atoms with Crippen molar-refractivity contribution in [3.63, 3.8) is 0 Å². The number of cyclic esters (lactones) is 2. The van der Waals surface area contributed by atoms with Gasteiger partial charge in [0, 0.05) is 26.9 Å². The van der Waals surface area contributed by atoms with Gasteiger partial charge in [0.05, 0.1) is 74.4 Å². The van der Waals surface area contributed by atoms with Crippen LogP contribution in [0.4, 0.5) is 41.1 Å². The van der Waals surface area contributed by atoms with Crippen LogP contribution in [0.2, 0.25) is 0 Å². The second-order valence-corrected chi connectivity index (χ2v) is 14.0. The molecular formula is C34H46F2N12O9S. The number of halogens is 2. The first-order chi connectivity index (χ1) is 27.7. The smallest absolute Gasteiger partial charge is 0.414 e. The molecule has 0 aromatic heterocycles. The number of hydrogen-bond donors (Lipinski definition) is 6. The van der Waals surface area contributed by atoms with Crippen LogP contribution >= 0.6 is 0 Å². The van der Waals surface area contributed by atoms with Crippen molar-refractivity contribution in [2.45, 2.75) is 26.1 Å². The van der Waals surface area contributed by atoms with E-state index < -0.39 is 53.0 Å². The van der Waals surface area contributed by atoms with Crippen LogP contribution in [-0.2, 0) is 34.8 Å². The van der Waals surface area contributed by atoms with Crippen LogP contribution in [-0.4, -0.2) is 140 Å². The average Bonchev–Trinajstić information content (AvgIpc) is 3.77. The first-order valence-electron chi connectivity index (χ1n) is 17.8. The fourth-order valence-electron chi connectivity index (χ4n) is 5.57. The quantitative estimate of drug-likeness (QED) is 0.163. The predicted octanol–water partition coefficient (Wildman–Crippen LogP) is -0.137. The summed E-state index contributed by atoms with van der Waals surface area (Å²) in [6, 6.07) is 8.97.